The van der Waals surface area contributed by atoms with Crippen molar-refractivity contribution < 1.29 is 4.42 Å². The van der Waals surface area contributed by atoms with Crippen LogP contribution in [0.25, 0.3) is 109 Å². The molecule has 11 rings (SSSR count). The molecule has 0 aliphatic heterocycles. The van der Waals surface area contributed by atoms with Crippen LogP contribution in [0.3, 0.4) is 0 Å². The summed E-state index contributed by atoms with van der Waals surface area (Å²) >= 11 is 1.75. The zero-order chi connectivity index (χ0) is 34.2. The van der Waals surface area contributed by atoms with Gasteiger partial charge in [-0.3, -0.25) is 0 Å². The minimum Gasteiger partial charge on any atom is -0.455 e. The second-order valence-corrected chi connectivity index (χ2v) is 14.4. The third-order valence-electron chi connectivity index (χ3n) is 10.2. The van der Waals surface area contributed by atoms with Crippen molar-refractivity contribution >= 4 is 75.1 Å². The third-order valence-corrected chi connectivity index (χ3v) is 11.4. The Kier molecular flexibility index (Phi) is 6.42. The van der Waals surface area contributed by atoms with Crippen molar-refractivity contribution in [2.45, 2.75) is 0 Å². The van der Waals surface area contributed by atoms with E-state index in [0.29, 0.717) is 5.82 Å². The Morgan fingerprint density at radius 1 is 0.423 bits per heavy atom. The van der Waals surface area contributed by atoms with Gasteiger partial charge in [-0.15, -0.1) is 11.3 Å². The number of hydrogen-bond acceptors (Lipinski definition) is 4. The molecule has 0 aliphatic rings. The Hall–Kier alpha value is -6.62. The molecule has 0 radical (unpaired) electrons. The van der Waals surface area contributed by atoms with E-state index in [2.05, 4.69) is 164 Å². The molecule has 0 fully saturated rings. The zero-order valence-corrected chi connectivity index (χ0v) is 28.7. The average molecular weight is 681 g/mol. The quantitative estimate of drug-likeness (QED) is 0.186. The molecule has 0 aliphatic carbocycles. The smallest absolute Gasteiger partial charge is 0.160 e. The SMILES string of the molecule is c1ccc(-c2nc(-c3cc(-c4ccc(-c5ccc6ccccc6c5)cc4)c4oc5cc6ccccc6cc5c4c3)nc3c2sc2ccccc23)cc1. The highest BCUT2D eigenvalue weighted by atomic mass is 32.1. The van der Waals surface area contributed by atoms with Crippen LogP contribution in [-0.4, -0.2) is 9.97 Å². The molecular weight excluding hydrogens is 653 g/mol. The van der Waals surface area contributed by atoms with E-state index in [4.69, 9.17) is 14.4 Å². The van der Waals surface area contributed by atoms with Crippen molar-refractivity contribution in [2.75, 3.05) is 0 Å². The van der Waals surface area contributed by atoms with Crippen molar-refractivity contribution in [3.05, 3.63) is 170 Å². The summed E-state index contributed by atoms with van der Waals surface area (Å²) in [7, 11) is 0. The van der Waals surface area contributed by atoms with E-state index in [9.17, 15) is 0 Å². The molecule has 0 amide bonds. The van der Waals surface area contributed by atoms with Gasteiger partial charge >= 0.3 is 0 Å². The lowest BCUT2D eigenvalue weighted by Gasteiger charge is -2.11. The van der Waals surface area contributed by atoms with Gasteiger partial charge in [0.2, 0.25) is 0 Å². The van der Waals surface area contributed by atoms with Crippen LogP contribution in [0.15, 0.2) is 174 Å². The highest BCUT2D eigenvalue weighted by Gasteiger charge is 2.20. The van der Waals surface area contributed by atoms with Gasteiger partial charge in [0.1, 0.15) is 11.2 Å². The summed E-state index contributed by atoms with van der Waals surface area (Å²) in [5.41, 5.74) is 10.1. The second kappa shape index (κ2) is 11.5. The molecule has 3 nitrogen and oxygen atoms in total. The van der Waals surface area contributed by atoms with Gasteiger partial charge < -0.3 is 4.42 Å². The summed E-state index contributed by atoms with van der Waals surface area (Å²) in [6.07, 6.45) is 0. The molecule has 0 unspecified atom stereocenters. The van der Waals surface area contributed by atoms with Crippen LogP contribution in [0, 0.1) is 0 Å². The van der Waals surface area contributed by atoms with Gasteiger partial charge in [0.05, 0.1) is 15.9 Å². The number of benzene rings is 8. The first-order chi connectivity index (χ1) is 25.7. The number of fused-ring (bicyclic) bond motifs is 8. The lowest BCUT2D eigenvalue weighted by Crippen LogP contribution is -1.94. The molecule has 0 atom stereocenters. The maximum atomic E-state index is 6.77. The zero-order valence-electron chi connectivity index (χ0n) is 27.9. The molecule has 242 valence electrons. The van der Waals surface area contributed by atoms with E-state index in [-0.39, 0.29) is 0 Å². The standard InChI is InChI=1S/C48H28N2OS/c1-2-11-32(12-3-1)44-47-45(38-16-8-9-17-43(38)52-47)50-48(49-44)37-26-39(46-41(27-37)40-25-34-14-6-7-15-35(34)28-42(40)51-46)31-21-18-30(19-22-31)36-23-20-29-10-4-5-13-33(29)24-36/h1-28H. The predicted molar refractivity (Wildman–Crippen MR) is 219 cm³/mol. The molecule has 0 saturated heterocycles. The van der Waals surface area contributed by atoms with Crippen LogP contribution in [0.2, 0.25) is 0 Å². The first-order valence-electron chi connectivity index (χ1n) is 17.5. The van der Waals surface area contributed by atoms with Crippen molar-refractivity contribution in [3.63, 3.8) is 0 Å². The maximum Gasteiger partial charge on any atom is 0.160 e. The number of aromatic nitrogens is 2. The number of thiophene rings is 1. The van der Waals surface area contributed by atoms with Gasteiger partial charge in [-0.2, -0.15) is 0 Å². The van der Waals surface area contributed by atoms with Gasteiger partial charge in [-0.1, -0.05) is 133 Å². The topological polar surface area (TPSA) is 38.9 Å². The van der Waals surface area contributed by atoms with Crippen LogP contribution >= 0.6 is 11.3 Å². The fourth-order valence-electron chi connectivity index (χ4n) is 7.63. The number of nitrogens with zero attached hydrogens (tertiary/aromatic N) is 2. The first kappa shape index (κ1) is 29.1. The maximum absolute atomic E-state index is 6.77. The highest BCUT2D eigenvalue weighted by molar-refractivity contribution is 7.26. The third kappa shape index (κ3) is 4.65. The monoisotopic (exact) mass is 680 g/mol. The Bertz CT molecular complexity index is 3180. The lowest BCUT2D eigenvalue weighted by molar-refractivity contribution is 0.670. The van der Waals surface area contributed by atoms with E-state index in [1.54, 1.807) is 11.3 Å². The number of furan rings is 1. The fourth-order valence-corrected chi connectivity index (χ4v) is 8.78. The van der Waals surface area contributed by atoms with E-state index >= 15 is 0 Å². The summed E-state index contributed by atoms with van der Waals surface area (Å²) in [6, 6.07) is 60.3. The van der Waals surface area contributed by atoms with Crippen molar-refractivity contribution in [1.29, 1.82) is 0 Å². The molecule has 0 N–H and O–H groups in total. The molecule has 11 aromatic rings. The van der Waals surface area contributed by atoms with Gasteiger partial charge in [-0.05, 0) is 74.6 Å². The molecule has 52 heavy (non-hydrogen) atoms. The summed E-state index contributed by atoms with van der Waals surface area (Å²) < 4.78 is 9.07. The normalized spacial score (nSPS) is 11.8. The Labute approximate surface area is 303 Å². The lowest BCUT2D eigenvalue weighted by atomic mass is 9.95. The average Bonchev–Trinajstić information content (AvgIpc) is 3.77. The summed E-state index contributed by atoms with van der Waals surface area (Å²) in [4.78, 5) is 10.7. The van der Waals surface area contributed by atoms with Crippen molar-refractivity contribution in [1.82, 2.24) is 9.97 Å². The summed E-state index contributed by atoms with van der Waals surface area (Å²) in [5, 5.41) is 8.08. The van der Waals surface area contributed by atoms with E-state index in [1.807, 2.05) is 6.07 Å². The molecule has 0 bridgehead atoms. The molecule has 8 aromatic carbocycles. The number of rotatable bonds is 4. The summed E-state index contributed by atoms with van der Waals surface area (Å²) in [6.45, 7) is 0. The first-order valence-corrected chi connectivity index (χ1v) is 18.3. The van der Waals surface area contributed by atoms with Crippen molar-refractivity contribution in [3.8, 4) is 44.9 Å². The van der Waals surface area contributed by atoms with Crippen LogP contribution in [0.4, 0.5) is 0 Å². The second-order valence-electron chi connectivity index (χ2n) is 13.4. The fraction of sp³-hybridized carbons (Fsp3) is 0. The molecule has 0 spiro atoms. The van der Waals surface area contributed by atoms with Crippen LogP contribution in [-0.2, 0) is 0 Å². The Balaban J connectivity index is 1.16. The largest absolute Gasteiger partial charge is 0.455 e. The Morgan fingerprint density at radius 2 is 1.10 bits per heavy atom. The van der Waals surface area contributed by atoms with E-state index in [1.165, 1.54) is 32.0 Å². The highest BCUT2D eigenvalue weighted by Crippen LogP contribution is 2.43. The minimum absolute atomic E-state index is 0.695. The van der Waals surface area contributed by atoms with Gasteiger partial charge in [0, 0.05) is 37.5 Å². The van der Waals surface area contributed by atoms with Crippen LogP contribution in [0.5, 0.6) is 0 Å². The van der Waals surface area contributed by atoms with Crippen LogP contribution < -0.4 is 0 Å². The van der Waals surface area contributed by atoms with Gasteiger partial charge in [-0.25, -0.2) is 9.97 Å². The van der Waals surface area contributed by atoms with Crippen molar-refractivity contribution in [2.24, 2.45) is 0 Å². The van der Waals surface area contributed by atoms with Gasteiger partial charge in [0.25, 0.3) is 0 Å². The number of hydrogen-bond donors (Lipinski definition) is 0. The Morgan fingerprint density at radius 3 is 1.92 bits per heavy atom. The molecule has 4 heteroatoms. The predicted octanol–water partition coefficient (Wildman–Crippen LogP) is 13.7. The molecule has 0 saturated carbocycles. The molecular formula is C48H28N2OS. The van der Waals surface area contributed by atoms with E-state index in [0.717, 1.165) is 70.9 Å². The molecule has 3 aromatic heterocycles. The van der Waals surface area contributed by atoms with Gasteiger partial charge in [0.15, 0.2) is 5.82 Å². The van der Waals surface area contributed by atoms with Crippen LogP contribution in [0.1, 0.15) is 0 Å². The summed E-state index contributed by atoms with van der Waals surface area (Å²) in [5.74, 6) is 0.695. The minimum atomic E-state index is 0.695. The van der Waals surface area contributed by atoms with E-state index < -0.39 is 0 Å². The molecule has 3 heterocycles.